The fourth-order valence-electron chi connectivity index (χ4n) is 13.1. The van der Waals surface area contributed by atoms with Gasteiger partial charge in [0.15, 0.2) is 0 Å². The Bertz CT molecular complexity index is 4910. The zero-order chi connectivity index (χ0) is 53.1. The number of fused-ring (bicyclic) bond motifs is 12. The third kappa shape index (κ3) is 7.21. The Morgan fingerprint density at radius 3 is 1.51 bits per heavy atom. The molecule has 0 fully saturated rings. The zero-order valence-corrected chi connectivity index (χ0v) is 45.1. The second-order valence-corrected chi connectivity index (χ2v) is 22.8. The molecule has 16 rings (SSSR count). The zero-order valence-electron chi connectivity index (χ0n) is 44.3. The Labute approximate surface area is 468 Å². The van der Waals surface area contributed by atoms with E-state index in [1.807, 2.05) is 11.3 Å². The third-order valence-corrected chi connectivity index (χ3v) is 18.0. The van der Waals surface area contributed by atoms with Crippen LogP contribution in [0.5, 0.6) is 0 Å². The maximum Gasteiger partial charge on any atom is 0.0561 e. The van der Waals surface area contributed by atoms with Crippen molar-refractivity contribution in [3.63, 3.8) is 0 Å². The molecule has 0 bridgehead atoms. The molecule has 0 saturated heterocycles. The number of thiophene rings is 1. The summed E-state index contributed by atoms with van der Waals surface area (Å²) >= 11 is 1.87. The number of anilines is 6. The molecule has 0 unspecified atom stereocenters. The predicted octanol–water partition coefficient (Wildman–Crippen LogP) is 21.2. The van der Waals surface area contributed by atoms with E-state index >= 15 is 0 Å². The van der Waals surface area contributed by atoms with Crippen LogP contribution in [-0.4, -0.2) is 9.13 Å². The lowest BCUT2D eigenvalue weighted by Gasteiger charge is -2.28. The van der Waals surface area contributed by atoms with Crippen molar-refractivity contribution in [3.8, 4) is 33.6 Å². The topological polar surface area (TPSA) is 16.3 Å². The molecule has 0 amide bonds. The average molecular weight is 1040 g/mol. The monoisotopic (exact) mass is 1040 g/mol. The van der Waals surface area contributed by atoms with Crippen LogP contribution in [0.4, 0.5) is 34.1 Å². The molecule has 80 heavy (non-hydrogen) atoms. The van der Waals surface area contributed by atoms with Gasteiger partial charge in [0, 0.05) is 92.6 Å². The minimum atomic E-state index is -0.0686. The van der Waals surface area contributed by atoms with Crippen LogP contribution in [0.25, 0.3) is 97.4 Å². The molecule has 0 spiro atoms. The van der Waals surface area contributed by atoms with Crippen LogP contribution >= 0.6 is 11.3 Å². The smallest absolute Gasteiger partial charge is 0.0561 e. The Balaban J connectivity index is 0.859. The Hall–Kier alpha value is -9.94. The normalized spacial score (nSPS) is 12.7. The molecule has 0 N–H and O–H groups in total. The van der Waals surface area contributed by atoms with Gasteiger partial charge in [-0.15, -0.1) is 11.3 Å². The molecule has 4 nitrogen and oxygen atoms in total. The minimum absolute atomic E-state index is 0.0686. The molecular formula is C75H52N4S. The van der Waals surface area contributed by atoms with Gasteiger partial charge in [-0.1, -0.05) is 172 Å². The van der Waals surface area contributed by atoms with Crippen molar-refractivity contribution in [2.45, 2.75) is 19.3 Å². The van der Waals surface area contributed by atoms with E-state index in [9.17, 15) is 0 Å². The van der Waals surface area contributed by atoms with E-state index < -0.39 is 0 Å². The van der Waals surface area contributed by atoms with Crippen LogP contribution in [0.2, 0.25) is 0 Å². The molecule has 0 aliphatic heterocycles. The van der Waals surface area contributed by atoms with Crippen molar-refractivity contribution in [2.75, 3.05) is 9.80 Å². The first-order valence-corrected chi connectivity index (χ1v) is 28.4. The van der Waals surface area contributed by atoms with Crippen molar-refractivity contribution < 1.29 is 0 Å². The molecule has 12 aromatic carbocycles. The summed E-state index contributed by atoms with van der Waals surface area (Å²) in [6, 6.07) is 103. The van der Waals surface area contributed by atoms with Crippen molar-refractivity contribution >= 4 is 109 Å². The van der Waals surface area contributed by atoms with Crippen molar-refractivity contribution in [3.05, 3.63) is 290 Å². The molecule has 15 aromatic rings. The largest absolute Gasteiger partial charge is 0.310 e. The first kappa shape index (κ1) is 46.2. The predicted molar refractivity (Wildman–Crippen MR) is 340 cm³/mol. The van der Waals surface area contributed by atoms with Crippen LogP contribution < -0.4 is 9.80 Å². The van der Waals surface area contributed by atoms with E-state index in [-0.39, 0.29) is 5.41 Å². The minimum Gasteiger partial charge on any atom is -0.310 e. The molecule has 0 saturated carbocycles. The highest BCUT2D eigenvalue weighted by molar-refractivity contribution is 7.25. The van der Waals surface area contributed by atoms with E-state index in [1.165, 1.54) is 75.0 Å². The van der Waals surface area contributed by atoms with Crippen molar-refractivity contribution in [1.82, 2.24) is 9.13 Å². The van der Waals surface area contributed by atoms with Gasteiger partial charge in [-0.05, 0) is 155 Å². The summed E-state index contributed by atoms with van der Waals surface area (Å²) in [6.45, 7) is 4.69. The summed E-state index contributed by atoms with van der Waals surface area (Å²) in [5.41, 5.74) is 21.1. The SMILES string of the molecule is CC1(C)c2ccccc2-c2cc(N(c3ccccc3)c3cccc(-c4ccc(N(c5ccc6c7ccccc7n(-c7ccccc7)c6c5)c5ccc6c7cc8c(cc7n(-c7ccccc7)c6c5)sc5ccccc58)cc4)c3)ccc21. The summed E-state index contributed by atoms with van der Waals surface area (Å²) in [6.07, 6.45) is 0. The Kier molecular flexibility index (Phi) is 10.4. The van der Waals surface area contributed by atoms with Crippen LogP contribution in [0, 0.1) is 0 Å². The summed E-state index contributed by atoms with van der Waals surface area (Å²) < 4.78 is 7.48. The Morgan fingerprint density at radius 1 is 0.287 bits per heavy atom. The van der Waals surface area contributed by atoms with E-state index in [4.69, 9.17) is 0 Å². The Morgan fingerprint density at radius 2 is 0.787 bits per heavy atom. The molecule has 1 aliphatic carbocycles. The highest BCUT2D eigenvalue weighted by atomic mass is 32.1. The number of para-hydroxylation sites is 4. The second-order valence-electron chi connectivity index (χ2n) is 21.7. The fraction of sp³-hybridized carbons (Fsp3) is 0.0400. The van der Waals surface area contributed by atoms with Crippen LogP contribution in [0.15, 0.2) is 279 Å². The van der Waals surface area contributed by atoms with Crippen molar-refractivity contribution in [1.29, 1.82) is 0 Å². The quantitative estimate of drug-likeness (QED) is 0.143. The van der Waals surface area contributed by atoms with E-state index in [0.29, 0.717) is 0 Å². The molecule has 1 aliphatic rings. The van der Waals surface area contributed by atoms with Gasteiger partial charge in [0.05, 0.1) is 22.1 Å². The number of nitrogens with zero attached hydrogens (tertiary/aromatic N) is 4. The first-order chi connectivity index (χ1) is 39.4. The lowest BCUT2D eigenvalue weighted by molar-refractivity contribution is 0.660. The highest BCUT2D eigenvalue weighted by Crippen LogP contribution is 2.51. The van der Waals surface area contributed by atoms with Crippen LogP contribution in [0.3, 0.4) is 0 Å². The van der Waals surface area contributed by atoms with Crippen molar-refractivity contribution in [2.24, 2.45) is 0 Å². The summed E-state index contributed by atoms with van der Waals surface area (Å²) in [7, 11) is 0. The number of hydrogen-bond acceptors (Lipinski definition) is 3. The van der Waals surface area contributed by atoms with Gasteiger partial charge in [0.2, 0.25) is 0 Å². The van der Waals surface area contributed by atoms with Crippen LogP contribution in [0.1, 0.15) is 25.0 Å². The number of benzene rings is 12. The van der Waals surface area contributed by atoms with Gasteiger partial charge >= 0.3 is 0 Å². The standard InChI is InChI=1S/C75H52N4S/c1-75(2)67-30-15-12-27-59(67)64-44-56(39-42-68(64)75)76(51-20-6-3-7-21-51)55-26-18-19-50(43-55)49-33-35-54(36-34-49)77(57-37-40-61-60-28-13-16-31-69(60)78(70(61)45-57)52-22-8-4-9-23-52)58-38-41-62-65-47-66-63-29-14-17-32-73(63)80-74(66)48-72(65)79(71(62)46-58)53-24-10-5-11-25-53/h3-48H,1-2H3. The third-order valence-electron chi connectivity index (χ3n) is 16.9. The van der Waals surface area contributed by atoms with Gasteiger partial charge in [0.1, 0.15) is 0 Å². The average Bonchev–Trinajstić information content (AvgIpc) is 4.34. The first-order valence-electron chi connectivity index (χ1n) is 27.6. The molecule has 378 valence electrons. The number of rotatable bonds is 9. The molecule has 3 aromatic heterocycles. The lowest BCUT2D eigenvalue weighted by atomic mass is 9.82. The maximum atomic E-state index is 2.46. The second kappa shape index (κ2) is 18.1. The van der Waals surface area contributed by atoms with E-state index in [0.717, 1.165) is 67.7 Å². The van der Waals surface area contributed by atoms with E-state index in [1.54, 1.807) is 0 Å². The van der Waals surface area contributed by atoms with Gasteiger partial charge in [-0.3, -0.25) is 0 Å². The summed E-state index contributed by atoms with van der Waals surface area (Å²) in [5, 5.41) is 7.52. The highest BCUT2D eigenvalue weighted by Gasteiger charge is 2.35. The van der Waals surface area contributed by atoms with Gasteiger partial charge in [-0.2, -0.15) is 0 Å². The molecule has 0 atom stereocenters. The molecular weight excluding hydrogens is 989 g/mol. The number of hydrogen-bond donors (Lipinski definition) is 0. The molecule has 0 radical (unpaired) electrons. The maximum absolute atomic E-state index is 2.46. The fourth-order valence-corrected chi connectivity index (χ4v) is 14.2. The van der Waals surface area contributed by atoms with E-state index in [2.05, 4.69) is 312 Å². The van der Waals surface area contributed by atoms with Crippen LogP contribution in [-0.2, 0) is 5.41 Å². The summed E-state index contributed by atoms with van der Waals surface area (Å²) in [4.78, 5) is 4.84. The number of aromatic nitrogens is 2. The molecule has 5 heteroatoms. The lowest BCUT2D eigenvalue weighted by Crippen LogP contribution is -2.15. The van der Waals surface area contributed by atoms with Gasteiger partial charge in [0.25, 0.3) is 0 Å². The molecule has 3 heterocycles. The van der Waals surface area contributed by atoms with Gasteiger partial charge in [-0.25, -0.2) is 0 Å². The summed E-state index contributed by atoms with van der Waals surface area (Å²) in [5.74, 6) is 0. The van der Waals surface area contributed by atoms with Gasteiger partial charge < -0.3 is 18.9 Å².